The molecule has 4 atom stereocenters. The Morgan fingerprint density at radius 3 is 2.62 bits per heavy atom. The summed E-state index contributed by atoms with van der Waals surface area (Å²) < 4.78 is 33.6. The summed E-state index contributed by atoms with van der Waals surface area (Å²) in [6.07, 6.45) is 5.51. The second-order valence-corrected chi connectivity index (χ2v) is 14.4. The summed E-state index contributed by atoms with van der Waals surface area (Å²) >= 11 is 1.62. The maximum absolute atomic E-state index is 14.3. The first-order chi connectivity index (χ1) is 22.4. The van der Waals surface area contributed by atoms with Crippen LogP contribution in [0.1, 0.15) is 97.1 Å². The SMILES string of the molecule is CCOC(=O)N(CCc1cccs1)C[C@]1(O)CC[C@H]2c3ccc(cc3C(=O)c3ccc(F)c(F)c3)C[C@@H](O)CCC(C)=CCC[C@@]21C. The van der Waals surface area contributed by atoms with Crippen LogP contribution in [-0.4, -0.2) is 58.4 Å². The number of aliphatic hydroxyl groups excluding tert-OH is 1. The molecule has 2 aromatic carbocycles. The molecule has 0 unspecified atom stereocenters. The molecule has 1 amide bonds. The van der Waals surface area contributed by atoms with Crippen molar-refractivity contribution in [3.8, 4) is 0 Å². The lowest BCUT2D eigenvalue weighted by molar-refractivity contribution is -0.0807. The van der Waals surface area contributed by atoms with Crippen LogP contribution < -0.4 is 0 Å². The van der Waals surface area contributed by atoms with E-state index in [1.165, 1.54) is 6.07 Å². The maximum Gasteiger partial charge on any atom is 0.409 e. The molecule has 6 rings (SSSR count). The minimum absolute atomic E-state index is 0.0274. The van der Waals surface area contributed by atoms with E-state index in [4.69, 9.17) is 4.74 Å². The number of amides is 1. The van der Waals surface area contributed by atoms with Crippen molar-refractivity contribution < 1.29 is 33.3 Å². The number of carbonyl (C=O) groups is 2. The summed E-state index contributed by atoms with van der Waals surface area (Å²) in [7, 11) is 0. The van der Waals surface area contributed by atoms with Crippen molar-refractivity contribution in [1.82, 2.24) is 4.90 Å². The molecule has 6 nitrogen and oxygen atoms in total. The van der Waals surface area contributed by atoms with E-state index in [2.05, 4.69) is 13.0 Å². The lowest BCUT2D eigenvalue weighted by Gasteiger charge is -2.46. The predicted octanol–water partition coefficient (Wildman–Crippen LogP) is 8.00. The number of hydrogen-bond donors (Lipinski definition) is 2. The fraction of sp³-hybridized carbons (Fsp3) is 0.474. The standard InChI is InChI=1S/C38H45F2NO5S/c1-4-46-36(44)41(19-16-29-8-6-20-47-29)24-38(45)18-15-32-30-13-10-26(21-28(42)12-9-25(2)7-5-17-37(32,38)3)22-31(30)35(43)27-11-14-33(39)34(40)23-27/h6-8,10-11,13-14,20,22-23,28,32,42,45H,4-5,9,12,15-19,21,24H2,1-3H3/t28-,32-,37-,38+/m0/s1. The summed E-state index contributed by atoms with van der Waals surface area (Å²) in [6, 6.07) is 12.7. The number of hydrogen-bond acceptors (Lipinski definition) is 6. The van der Waals surface area contributed by atoms with Gasteiger partial charge in [-0.2, -0.15) is 0 Å². The summed E-state index contributed by atoms with van der Waals surface area (Å²) in [4.78, 5) is 30.1. The van der Waals surface area contributed by atoms with E-state index in [9.17, 15) is 28.6 Å². The van der Waals surface area contributed by atoms with E-state index in [-0.39, 0.29) is 24.6 Å². The molecule has 1 heterocycles. The van der Waals surface area contributed by atoms with Gasteiger partial charge < -0.3 is 19.8 Å². The Hall–Kier alpha value is -3.40. The summed E-state index contributed by atoms with van der Waals surface area (Å²) in [5.41, 5.74) is 0.944. The number of carbonyl (C=O) groups excluding carboxylic acids is 2. The van der Waals surface area contributed by atoms with Gasteiger partial charge in [-0.05, 0) is 118 Å². The normalized spacial score (nSPS) is 24.7. The Bertz CT molecular complexity index is 1610. The van der Waals surface area contributed by atoms with Crippen molar-refractivity contribution >= 4 is 23.2 Å². The first-order valence-corrected chi connectivity index (χ1v) is 17.4. The Balaban J connectivity index is 1.58. The second kappa shape index (κ2) is 14.8. The molecule has 2 N–H and O–H groups in total. The zero-order valence-electron chi connectivity index (χ0n) is 27.4. The molecular weight excluding hydrogens is 620 g/mol. The van der Waals surface area contributed by atoms with Gasteiger partial charge in [0.25, 0.3) is 0 Å². The molecule has 0 radical (unpaired) electrons. The van der Waals surface area contributed by atoms with Crippen molar-refractivity contribution in [3.05, 3.63) is 104 Å². The summed E-state index contributed by atoms with van der Waals surface area (Å²) in [5.74, 6) is -2.86. The molecule has 0 saturated heterocycles. The van der Waals surface area contributed by atoms with Crippen molar-refractivity contribution in [3.63, 3.8) is 0 Å². The minimum Gasteiger partial charge on any atom is -0.450 e. The average molecular weight is 666 g/mol. The third-order valence-corrected chi connectivity index (χ3v) is 11.2. The molecule has 47 heavy (non-hydrogen) atoms. The molecule has 252 valence electrons. The summed E-state index contributed by atoms with van der Waals surface area (Å²) in [6.45, 7) is 6.54. The van der Waals surface area contributed by atoms with Gasteiger partial charge in [-0.1, -0.05) is 36.8 Å². The number of fused-ring (bicyclic) bond motifs is 8. The molecule has 1 fully saturated rings. The largest absolute Gasteiger partial charge is 0.450 e. The van der Waals surface area contributed by atoms with Crippen molar-refractivity contribution in [2.75, 3.05) is 19.7 Å². The van der Waals surface area contributed by atoms with Crippen LogP contribution in [0.15, 0.2) is 65.6 Å². The first-order valence-electron chi connectivity index (χ1n) is 16.6. The number of ether oxygens (including phenoxy) is 1. The molecule has 1 aromatic heterocycles. The molecule has 0 aliphatic heterocycles. The van der Waals surface area contributed by atoms with Crippen molar-refractivity contribution in [2.24, 2.45) is 5.41 Å². The molecule has 3 aliphatic rings. The Labute approximate surface area is 280 Å². The van der Waals surface area contributed by atoms with Gasteiger partial charge >= 0.3 is 6.09 Å². The number of thiophene rings is 1. The fourth-order valence-corrected chi connectivity index (χ4v) is 8.15. The van der Waals surface area contributed by atoms with E-state index in [0.717, 1.165) is 33.7 Å². The highest BCUT2D eigenvalue weighted by atomic mass is 32.1. The van der Waals surface area contributed by atoms with Crippen LogP contribution >= 0.6 is 11.3 Å². The van der Waals surface area contributed by atoms with E-state index < -0.39 is 40.6 Å². The fourth-order valence-electron chi connectivity index (χ4n) is 7.45. The highest BCUT2D eigenvalue weighted by Gasteiger charge is 2.57. The van der Waals surface area contributed by atoms with Crippen LogP contribution in [0.5, 0.6) is 0 Å². The number of ketones is 1. The van der Waals surface area contributed by atoms with Crippen LogP contribution in [0.2, 0.25) is 0 Å². The minimum atomic E-state index is -1.31. The van der Waals surface area contributed by atoms with E-state index >= 15 is 0 Å². The molecular formula is C38H45F2NO5S. The maximum atomic E-state index is 14.3. The van der Waals surface area contributed by atoms with Gasteiger partial charge in [0.05, 0.1) is 24.9 Å². The van der Waals surface area contributed by atoms with Crippen LogP contribution in [0.25, 0.3) is 0 Å². The zero-order chi connectivity index (χ0) is 33.8. The monoisotopic (exact) mass is 665 g/mol. The van der Waals surface area contributed by atoms with E-state index in [1.54, 1.807) is 29.2 Å². The van der Waals surface area contributed by atoms with Gasteiger partial charge in [-0.3, -0.25) is 4.79 Å². The highest BCUT2D eigenvalue weighted by Crippen LogP contribution is 2.59. The van der Waals surface area contributed by atoms with Gasteiger partial charge in [0.1, 0.15) is 0 Å². The molecule has 3 aliphatic carbocycles. The van der Waals surface area contributed by atoms with Crippen LogP contribution in [0, 0.1) is 17.0 Å². The molecule has 9 heteroatoms. The smallest absolute Gasteiger partial charge is 0.409 e. The lowest BCUT2D eigenvalue weighted by Crippen LogP contribution is -2.54. The van der Waals surface area contributed by atoms with Gasteiger partial charge in [-0.15, -0.1) is 11.3 Å². The average Bonchev–Trinajstić information content (AvgIpc) is 3.65. The lowest BCUT2D eigenvalue weighted by atomic mass is 9.64. The quantitative estimate of drug-likeness (QED) is 0.188. The van der Waals surface area contributed by atoms with Gasteiger partial charge in [0.15, 0.2) is 17.4 Å². The first kappa shape index (κ1) is 34.9. The van der Waals surface area contributed by atoms with Crippen LogP contribution in [0.3, 0.4) is 0 Å². The Kier molecular flexibility index (Phi) is 11.0. The van der Waals surface area contributed by atoms with Gasteiger partial charge in [0, 0.05) is 28.0 Å². The van der Waals surface area contributed by atoms with E-state index in [0.29, 0.717) is 63.5 Å². The number of benzene rings is 2. The number of nitrogens with zero attached hydrogens (tertiary/aromatic N) is 1. The van der Waals surface area contributed by atoms with Gasteiger partial charge in [-0.25, -0.2) is 13.6 Å². The molecule has 3 aromatic rings. The molecule has 1 saturated carbocycles. The number of halogens is 2. The number of rotatable bonds is 8. The van der Waals surface area contributed by atoms with Crippen molar-refractivity contribution in [1.29, 1.82) is 0 Å². The zero-order valence-corrected chi connectivity index (χ0v) is 28.3. The third kappa shape index (κ3) is 7.68. The molecule has 2 bridgehead atoms. The van der Waals surface area contributed by atoms with Crippen LogP contribution in [-0.2, 0) is 17.6 Å². The predicted molar refractivity (Wildman–Crippen MR) is 180 cm³/mol. The van der Waals surface area contributed by atoms with Gasteiger partial charge in [0.2, 0.25) is 0 Å². The highest BCUT2D eigenvalue weighted by molar-refractivity contribution is 7.09. The third-order valence-electron chi connectivity index (χ3n) is 10.3. The number of allylic oxidation sites excluding steroid dienone is 2. The van der Waals surface area contributed by atoms with E-state index in [1.807, 2.05) is 36.6 Å². The summed E-state index contributed by atoms with van der Waals surface area (Å²) in [5, 5.41) is 25.5. The van der Waals surface area contributed by atoms with Crippen molar-refractivity contribution in [2.45, 2.75) is 89.8 Å². The topological polar surface area (TPSA) is 87.1 Å². The Morgan fingerprint density at radius 1 is 1.09 bits per heavy atom. The second-order valence-electron chi connectivity index (χ2n) is 13.4. The van der Waals surface area contributed by atoms with Crippen LogP contribution in [0.4, 0.5) is 13.6 Å². The Morgan fingerprint density at radius 2 is 1.89 bits per heavy atom. The molecule has 0 spiro atoms. The number of aliphatic hydroxyl groups is 2.